The Hall–Kier alpha value is -4.08. The van der Waals surface area contributed by atoms with Gasteiger partial charge in [0.15, 0.2) is 18.1 Å². The summed E-state index contributed by atoms with van der Waals surface area (Å²) in [6.07, 6.45) is 0. The average molecular weight is 458 g/mol. The fraction of sp³-hybridized carbons (Fsp3) is 0.304. The lowest BCUT2D eigenvalue weighted by Gasteiger charge is -2.12. The van der Waals surface area contributed by atoms with Crippen LogP contribution in [-0.2, 0) is 14.3 Å². The second-order valence-electron chi connectivity index (χ2n) is 6.48. The van der Waals surface area contributed by atoms with Crippen molar-refractivity contribution in [3.05, 3.63) is 53.6 Å². The van der Waals surface area contributed by atoms with Crippen molar-refractivity contribution < 1.29 is 38.1 Å². The molecule has 176 valence electrons. The number of esters is 1. The predicted octanol–water partition coefficient (Wildman–Crippen LogP) is 1.72. The lowest BCUT2D eigenvalue weighted by atomic mass is 10.2. The Morgan fingerprint density at radius 3 is 2.09 bits per heavy atom. The molecular formula is C23H26N2O8. The number of hydrogen-bond donors (Lipinski definition) is 2. The summed E-state index contributed by atoms with van der Waals surface area (Å²) >= 11 is 0. The third-order valence-electron chi connectivity index (χ3n) is 4.17. The van der Waals surface area contributed by atoms with Crippen LogP contribution in [0.4, 0.5) is 0 Å². The molecule has 0 aliphatic heterocycles. The van der Waals surface area contributed by atoms with E-state index < -0.39 is 36.8 Å². The molecule has 2 N–H and O–H groups in total. The molecule has 0 unspecified atom stereocenters. The summed E-state index contributed by atoms with van der Waals surface area (Å²) in [4.78, 5) is 48.0. The van der Waals surface area contributed by atoms with Crippen molar-refractivity contribution in [3.63, 3.8) is 0 Å². The molecule has 0 saturated carbocycles. The highest BCUT2D eigenvalue weighted by atomic mass is 16.5. The van der Waals surface area contributed by atoms with Gasteiger partial charge in [-0.1, -0.05) is 0 Å². The number of amides is 3. The summed E-state index contributed by atoms with van der Waals surface area (Å²) in [6, 6.07) is 10.8. The Bertz CT molecular complexity index is 988. The van der Waals surface area contributed by atoms with E-state index in [4.69, 9.17) is 18.9 Å². The van der Waals surface area contributed by atoms with Crippen molar-refractivity contribution in [2.24, 2.45) is 0 Å². The first-order valence-corrected chi connectivity index (χ1v) is 10.2. The summed E-state index contributed by atoms with van der Waals surface area (Å²) in [7, 11) is 1.49. The minimum absolute atomic E-state index is 0.240. The van der Waals surface area contributed by atoms with Gasteiger partial charge < -0.3 is 24.3 Å². The van der Waals surface area contributed by atoms with E-state index in [0.29, 0.717) is 30.5 Å². The molecule has 10 heteroatoms. The molecule has 0 heterocycles. The molecule has 0 aliphatic rings. The average Bonchev–Trinajstić information content (AvgIpc) is 2.82. The van der Waals surface area contributed by atoms with Crippen LogP contribution in [0.3, 0.4) is 0 Å². The minimum Gasteiger partial charge on any atom is -0.497 e. The number of methoxy groups -OCH3 is 1. The van der Waals surface area contributed by atoms with E-state index in [-0.39, 0.29) is 11.1 Å². The SMILES string of the molecule is CCOc1ccc(C(=O)NCC(=O)OCC(=O)NC(=O)c2ccc(OC)cc2)cc1OCC. The van der Waals surface area contributed by atoms with E-state index in [9.17, 15) is 19.2 Å². The minimum atomic E-state index is -0.841. The zero-order valence-electron chi connectivity index (χ0n) is 18.6. The van der Waals surface area contributed by atoms with Gasteiger partial charge in [-0.25, -0.2) is 0 Å². The topological polar surface area (TPSA) is 129 Å². The maximum atomic E-state index is 12.3. The van der Waals surface area contributed by atoms with Crippen molar-refractivity contribution in [3.8, 4) is 17.2 Å². The Kier molecular flexibility index (Phi) is 9.69. The van der Waals surface area contributed by atoms with E-state index in [1.807, 2.05) is 6.92 Å². The van der Waals surface area contributed by atoms with Gasteiger partial charge >= 0.3 is 5.97 Å². The van der Waals surface area contributed by atoms with Crippen molar-refractivity contribution in [1.82, 2.24) is 10.6 Å². The Morgan fingerprint density at radius 2 is 1.45 bits per heavy atom. The smallest absolute Gasteiger partial charge is 0.325 e. The highest BCUT2D eigenvalue weighted by Crippen LogP contribution is 2.28. The molecule has 0 radical (unpaired) electrons. The molecule has 0 saturated heterocycles. The summed E-state index contributed by atoms with van der Waals surface area (Å²) in [5, 5.41) is 4.50. The van der Waals surface area contributed by atoms with Crippen molar-refractivity contribution in [1.29, 1.82) is 0 Å². The number of benzene rings is 2. The quantitative estimate of drug-likeness (QED) is 0.487. The first-order chi connectivity index (χ1) is 15.9. The number of carbonyl (C=O) groups is 4. The second-order valence-corrected chi connectivity index (χ2v) is 6.48. The molecule has 0 bridgehead atoms. The van der Waals surface area contributed by atoms with Gasteiger partial charge in [0.05, 0.1) is 20.3 Å². The van der Waals surface area contributed by atoms with E-state index in [1.165, 1.54) is 31.4 Å². The van der Waals surface area contributed by atoms with Crippen molar-refractivity contribution in [2.75, 3.05) is 33.5 Å². The normalized spacial score (nSPS) is 10.0. The van der Waals surface area contributed by atoms with Crippen LogP contribution in [0.5, 0.6) is 17.2 Å². The van der Waals surface area contributed by atoms with E-state index in [2.05, 4.69) is 10.6 Å². The first-order valence-electron chi connectivity index (χ1n) is 10.2. The number of rotatable bonds is 11. The van der Waals surface area contributed by atoms with E-state index in [1.54, 1.807) is 25.1 Å². The van der Waals surface area contributed by atoms with Gasteiger partial charge in [0, 0.05) is 11.1 Å². The summed E-state index contributed by atoms with van der Waals surface area (Å²) in [5.74, 6) is -1.34. The Morgan fingerprint density at radius 1 is 0.818 bits per heavy atom. The van der Waals surface area contributed by atoms with Crippen LogP contribution in [0.1, 0.15) is 34.6 Å². The van der Waals surface area contributed by atoms with Gasteiger partial charge in [0.1, 0.15) is 12.3 Å². The van der Waals surface area contributed by atoms with Gasteiger partial charge in [-0.3, -0.25) is 24.5 Å². The maximum absolute atomic E-state index is 12.3. The number of ether oxygens (including phenoxy) is 4. The van der Waals surface area contributed by atoms with Gasteiger partial charge in [-0.05, 0) is 56.3 Å². The van der Waals surface area contributed by atoms with Crippen LogP contribution >= 0.6 is 0 Å². The number of carbonyl (C=O) groups excluding carboxylic acids is 4. The molecule has 2 aromatic rings. The first kappa shape index (κ1) is 25.2. The van der Waals surface area contributed by atoms with E-state index >= 15 is 0 Å². The highest BCUT2D eigenvalue weighted by Gasteiger charge is 2.15. The van der Waals surface area contributed by atoms with Gasteiger partial charge in [0.25, 0.3) is 17.7 Å². The number of hydrogen-bond acceptors (Lipinski definition) is 8. The second kappa shape index (κ2) is 12.7. The van der Waals surface area contributed by atoms with Crippen LogP contribution in [-0.4, -0.2) is 57.2 Å². The van der Waals surface area contributed by atoms with E-state index in [0.717, 1.165) is 0 Å². The van der Waals surface area contributed by atoms with Crippen LogP contribution < -0.4 is 24.8 Å². The Labute approximate surface area is 191 Å². The molecule has 0 atom stereocenters. The molecule has 0 fully saturated rings. The molecule has 0 aromatic heterocycles. The number of imide groups is 1. The zero-order chi connectivity index (χ0) is 24.2. The maximum Gasteiger partial charge on any atom is 0.325 e. The summed E-state index contributed by atoms with van der Waals surface area (Å²) in [5.41, 5.74) is 0.502. The summed E-state index contributed by atoms with van der Waals surface area (Å²) < 4.78 is 20.7. The Balaban J connectivity index is 1.80. The largest absolute Gasteiger partial charge is 0.497 e. The highest BCUT2D eigenvalue weighted by molar-refractivity contribution is 6.05. The van der Waals surface area contributed by atoms with Crippen LogP contribution in [0.15, 0.2) is 42.5 Å². The molecule has 0 aliphatic carbocycles. The third kappa shape index (κ3) is 7.84. The van der Waals surface area contributed by atoms with Crippen LogP contribution in [0, 0.1) is 0 Å². The molecule has 0 spiro atoms. The lowest BCUT2D eigenvalue weighted by molar-refractivity contribution is -0.147. The summed E-state index contributed by atoms with van der Waals surface area (Å²) in [6.45, 7) is 3.33. The van der Waals surface area contributed by atoms with Crippen LogP contribution in [0.2, 0.25) is 0 Å². The predicted molar refractivity (Wildman–Crippen MR) is 118 cm³/mol. The molecule has 33 heavy (non-hydrogen) atoms. The lowest BCUT2D eigenvalue weighted by Crippen LogP contribution is -2.36. The van der Waals surface area contributed by atoms with Crippen molar-refractivity contribution in [2.45, 2.75) is 13.8 Å². The molecule has 2 rings (SSSR count). The number of nitrogens with one attached hydrogen (secondary N) is 2. The van der Waals surface area contributed by atoms with Gasteiger partial charge in [-0.15, -0.1) is 0 Å². The fourth-order valence-corrected chi connectivity index (χ4v) is 2.62. The standard InChI is InChI=1S/C23H26N2O8/c1-4-31-18-11-8-16(12-19(18)32-5-2)22(28)24-13-21(27)33-14-20(26)25-23(29)15-6-9-17(30-3)10-7-15/h6-12H,4-5,13-14H2,1-3H3,(H,24,28)(H,25,26,29). The molecule has 3 amide bonds. The molecule has 10 nitrogen and oxygen atoms in total. The molecular weight excluding hydrogens is 432 g/mol. The fourth-order valence-electron chi connectivity index (χ4n) is 2.62. The molecule has 2 aromatic carbocycles. The van der Waals surface area contributed by atoms with Crippen molar-refractivity contribution >= 4 is 23.7 Å². The monoisotopic (exact) mass is 458 g/mol. The third-order valence-corrected chi connectivity index (χ3v) is 4.17. The zero-order valence-corrected chi connectivity index (χ0v) is 18.6. The van der Waals surface area contributed by atoms with Gasteiger partial charge in [0.2, 0.25) is 0 Å². The van der Waals surface area contributed by atoms with Crippen LogP contribution in [0.25, 0.3) is 0 Å². The van der Waals surface area contributed by atoms with Gasteiger partial charge in [-0.2, -0.15) is 0 Å².